The number of para-hydroxylation sites is 1. The quantitative estimate of drug-likeness (QED) is 0.773. The van der Waals surface area contributed by atoms with E-state index in [0.29, 0.717) is 19.7 Å². The highest BCUT2D eigenvalue weighted by Gasteiger charge is 2.53. The molecule has 32 heavy (non-hydrogen) atoms. The van der Waals surface area contributed by atoms with Gasteiger partial charge in [-0.25, -0.2) is 5.10 Å². The van der Waals surface area contributed by atoms with Gasteiger partial charge in [-0.3, -0.25) is 9.59 Å². The first-order chi connectivity index (χ1) is 15.3. The second kappa shape index (κ2) is 7.62. The Hall–Kier alpha value is -2.87. The number of nitrogens with zero attached hydrogens (tertiary/aromatic N) is 2. The molecule has 0 radical (unpaired) electrons. The fraction of sp³-hybridized carbons (Fsp3) is 0.542. The molecular formula is C24H29N3O5. The Morgan fingerprint density at radius 1 is 1.22 bits per heavy atom. The number of amides is 1. The number of carbonyl (C=O) groups excluding carboxylic acids is 1. The summed E-state index contributed by atoms with van der Waals surface area (Å²) < 4.78 is 18.5. The molecule has 1 aromatic heterocycles. The zero-order valence-corrected chi connectivity index (χ0v) is 18.7. The Morgan fingerprint density at radius 3 is 2.69 bits per heavy atom. The molecule has 0 aliphatic carbocycles. The molecule has 2 fully saturated rings. The number of aromatic nitrogens is 2. The molecule has 3 aliphatic heterocycles. The molecular weight excluding hydrogens is 410 g/mol. The van der Waals surface area contributed by atoms with Crippen molar-refractivity contribution in [1.29, 1.82) is 0 Å². The van der Waals surface area contributed by atoms with Gasteiger partial charge in [0, 0.05) is 30.6 Å². The van der Waals surface area contributed by atoms with Crippen LogP contribution in [0, 0.1) is 11.3 Å². The van der Waals surface area contributed by atoms with Crippen LogP contribution in [-0.4, -0.2) is 53.4 Å². The van der Waals surface area contributed by atoms with E-state index >= 15 is 0 Å². The van der Waals surface area contributed by atoms with Crippen LogP contribution in [0.1, 0.15) is 55.3 Å². The molecule has 1 aromatic carbocycles. The minimum atomic E-state index is -0.396. The van der Waals surface area contributed by atoms with Gasteiger partial charge in [0.2, 0.25) is 0 Å². The highest BCUT2D eigenvalue weighted by atomic mass is 16.5. The highest BCUT2D eigenvalue weighted by molar-refractivity contribution is 5.92. The molecule has 1 spiro atoms. The third kappa shape index (κ3) is 3.46. The number of fused-ring (bicyclic) bond motifs is 3. The van der Waals surface area contributed by atoms with Crippen molar-refractivity contribution in [2.75, 3.05) is 26.8 Å². The topological polar surface area (TPSA) is 93.8 Å². The number of likely N-dealkylation sites (tertiary alicyclic amines) is 1. The van der Waals surface area contributed by atoms with Crippen molar-refractivity contribution < 1.29 is 19.0 Å². The number of hydrogen-bond acceptors (Lipinski definition) is 6. The lowest BCUT2D eigenvalue weighted by molar-refractivity contribution is -0.173. The number of methoxy groups -OCH3 is 1. The van der Waals surface area contributed by atoms with Crippen LogP contribution in [0.15, 0.2) is 35.1 Å². The summed E-state index contributed by atoms with van der Waals surface area (Å²) in [7, 11) is 1.66. The summed E-state index contributed by atoms with van der Waals surface area (Å²) in [4.78, 5) is 25.8. The highest BCUT2D eigenvalue weighted by Crippen LogP contribution is 2.57. The van der Waals surface area contributed by atoms with Crippen molar-refractivity contribution in [1.82, 2.24) is 15.1 Å². The van der Waals surface area contributed by atoms with Crippen LogP contribution < -0.4 is 15.0 Å². The van der Waals surface area contributed by atoms with Crippen molar-refractivity contribution in [2.24, 2.45) is 11.3 Å². The molecule has 5 rings (SSSR count). The summed E-state index contributed by atoms with van der Waals surface area (Å²) in [5, 5.41) is 6.22. The Balaban J connectivity index is 1.32. The van der Waals surface area contributed by atoms with Crippen LogP contribution in [0.25, 0.3) is 0 Å². The molecule has 0 saturated carbocycles. The monoisotopic (exact) mass is 439 g/mol. The lowest BCUT2D eigenvalue weighted by atomic mass is 9.64. The lowest BCUT2D eigenvalue weighted by Gasteiger charge is -2.54. The van der Waals surface area contributed by atoms with Gasteiger partial charge < -0.3 is 19.1 Å². The van der Waals surface area contributed by atoms with E-state index in [-0.39, 0.29) is 34.6 Å². The van der Waals surface area contributed by atoms with E-state index in [0.717, 1.165) is 36.3 Å². The van der Waals surface area contributed by atoms with Gasteiger partial charge >= 0.3 is 0 Å². The van der Waals surface area contributed by atoms with Crippen molar-refractivity contribution in [3.05, 3.63) is 51.9 Å². The molecule has 8 nitrogen and oxygen atoms in total. The van der Waals surface area contributed by atoms with Gasteiger partial charge in [0.1, 0.15) is 11.3 Å². The summed E-state index contributed by atoms with van der Waals surface area (Å²) in [5.41, 5.74) is 0.637. The van der Waals surface area contributed by atoms with Gasteiger partial charge in [-0.1, -0.05) is 12.1 Å². The summed E-state index contributed by atoms with van der Waals surface area (Å²) in [6.07, 6.45) is 2.69. The Morgan fingerprint density at radius 2 is 2.00 bits per heavy atom. The van der Waals surface area contributed by atoms with Crippen LogP contribution >= 0.6 is 0 Å². The zero-order chi connectivity index (χ0) is 22.5. The number of nitrogens with one attached hydrogen (secondary N) is 1. The predicted molar refractivity (Wildman–Crippen MR) is 117 cm³/mol. The van der Waals surface area contributed by atoms with Gasteiger partial charge in [-0.15, -0.1) is 0 Å². The van der Waals surface area contributed by atoms with Gasteiger partial charge in [-0.2, -0.15) is 5.10 Å². The molecule has 3 aliphatic rings. The number of H-pyrrole nitrogens is 1. The average Bonchev–Trinajstić information content (AvgIpc) is 2.79. The first-order valence-corrected chi connectivity index (χ1v) is 11.1. The maximum absolute atomic E-state index is 12.8. The van der Waals surface area contributed by atoms with Gasteiger partial charge in [-0.05, 0) is 50.7 Å². The lowest BCUT2D eigenvalue weighted by Crippen LogP contribution is -2.54. The number of aromatic amines is 1. The van der Waals surface area contributed by atoms with Crippen molar-refractivity contribution in [2.45, 2.75) is 44.8 Å². The first kappa shape index (κ1) is 21.0. The number of ether oxygens (including phenoxy) is 3. The zero-order valence-electron chi connectivity index (χ0n) is 18.7. The van der Waals surface area contributed by atoms with E-state index < -0.39 is 5.60 Å². The SMILES string of the molecule is COc1cccc2c1OC(C)(C)[C@H]1CC3(CCN(C(=O)c4ccc(=O)[nH]n4)CC3)CO[C@H]21. The molecule has 170 valence electrons. The Bertz CT molecular complexity index is 1070. The Labute approximate surface area is 186 Å². The Kier molecular flexibility index (Phi) is 5.00. The maximum Gasteiger partial charge on any atom is 0.274 e. The van der Waals surface area contributed by atoms with Crippen molar-refractivity contribution in [3.63, 3.8) is 0 Å². The number of rotatable bonds is 2. The minimum absolute atomic E-state index is 0.0212. The molecule has 8 heteroatoms. The van der Waals surface area contributed by atoms with E-state index in [2.05, 4.69) is 30.1 Å². The molecule has 2 saturated heterocycles. The van der Waals surface area contributed by atoms with Gasteiger partial charge in [0.15, 0.2) is 11.5 Å². The van der Waals surface area contributed by atoms with Crippen molar-refractivity contribution in [3.8, 4) is 11.5 Å². The second-order valence-corrected chi connectivity index (χ2v) is 9.72. The first-order valence-electron chi connectivity index (χ1n) is 11.1. The normalized spacial score (nSPS) is 25.4. The number of benzene rings is 1. The molecule has 0 bridgehead atoms. The third-order valence-electron chi connectivity index (χ3n) is 7.39. The van der Waals surface area contributed by atoms with Crippen molar-refractivity contribution >= 4 is 5.91 Å². The van der Waals surface area contributed by atoms with E-state index in [9.17, 15) is 9.59 Å². The van der Waals surface area contributed by atoms with E-state index in [1.165, 1.54) is 12.1 Å². The molecule has 4 heterocycles. The van der Waals surface area contributed by atoms with Crippen LogP contribution in [0.5, 0.6) is 11.5 Å². The standard InChI is InChI=1S/C24H29N3O5/c1-23(2)16-13-24(14-31-20(16)15-5-4-6-18(30-3)21(15)32-23)9-11-27(12-10-24)22(29)17-7-8-19(28)26-25-17/h4-8,16,20H,9-14H2,1-3H3,(H,26,28)/t16-,20+/m0/s1. The molecule has 1 N–H and O–H groups in total. The molecule has 0 unspecified atom stereocenters. The van der Waals surface area contributed by atoms with E-state index in [4.69, 9.17) is 14.2 Å². The van der Waals surface area contributed by atoms with Crippen LogP contribution in [0.4, 0.5) is 0 Å². The minimum Gasteiger partial charge on any atom is -0.493 e. The number of carbonyl (C=O) groups is 1. The van der Waals surface area contributed by atoms with Gasteiger partial charge in [0.05, 0.1) is 19.8 Å². The van der Waals surface area contributed by atoms with E-state index in [1.807, 2.05) is 17.0 Å². The largest absolute Gasteiger partial charge is 0.493 e. The fourth-order valence-electron chi connectivity index (χ4n) is 5.46. The fourth-order valence-corrected chi connectivity index (χ4v) is 5.46. The third-order valence-corrected chi connectivity index (χ3v) is 7.39. The predicted octanol–water partition coefficient (Wildman–Crippen LogP) is 2.95. The van der Waals surface area contributed by atoms with Crippen LogP contribution in [-0.2, 0) is 4.74 Å². The van der Waals surface area contributed by atoms with Crippen LogP contribution in [0.3, 0.4) is 0 Å². The van der Waals surface area contributed by atoms with Gasteiger partial charge in [0.25, 0.3) is 11.5 Å². The van der Waals surface area contributed by atoms with Crippen LogP contribution in [0.2, 0.25) is 0 Å². The number of hydrogen-bond donors (Lipinski definition) is 1. The summed E-state index contributed by atoms with van der Waals surface area (Å²) in [6, 6.07) is 8.79. The summed E-state index contributed by atoms with van der Waals surface area (Å²) >= 11 is 0. The smallest absolute Gasteiger partial charge is 0.274 e. The average molecular weight is 440 g/mol. The molecule has 1 amide bonds. The van der Waals surface area contributed by atoms with E-state index in [1.54, 1.807) is 7.11 Å². The summed E-state index contributed by atoms with van der Waals surface area (Å²) in [5.74, 6) is 1.58. The summed E-state index contributed by atoms with van der Waals surface area (Å²) in [6.45, 7) is 6.21. The second-order valence-electron chi connectivity index (χ2n) is 9.72. The maximum atomic E-state index is 12.8. The molecule has 2 atom stereocenters. The molecule has 2 aromatic rings. The number of piperidine rings is 1.